The lowest BCUT2D eigenvalue weighted by Crippen LogP contribution is -2.00. The van der Waals surface area contributed by atoms with Crippen molar-refractivity contribution in [2.24, 2.45) is 0 Å². The van der Waals surface area contributed by atoms with Crippen LogP contribution in [-0.4, -0.2) is 5.11 Å². The van der Waals surface area contributed by atoms with Gasteiger partial charge >= 0.3 is 0 Å². The summed E-state index contributed by atoms with van der Waals surface area (Å²) in [5.74, 6) is 0.243. The molecule has 2 N–H and O–H groups in total. The third-order valence-electron chi connectivity index (χ3n) is 2.62. The second-order valence-electron chi connectivity index (χ2n) is 4.12. The first-order chi connectivity index (χ1) is 8.56. The molecule has 0 fully saturated rings. The van der Waals surface area contributed by atoms with Crippen molar-refractivity contribution in [2.45, 2.75) is 13.5 Å². The molecule has 4 heteroatoms. The highest BCUT2D eigenvalue weighted by molar-refractivity contribution is 9.10. The molecule has 0 bridgehead atoms. The first-order valence-electron chi connectivity index (χ1n) is 5.53. The van der Waals surface area contributed by atoms with Crippen LogP contribution in [0.25, 0.3) is 0 Å². The van der Waals surface area contributed by atoms with Crippen LogP contribution in [0.4, 0.5) is 5.69 Å². The van der Waals surface area contributed by atoms with Crippen molar-refractivity contribution in [1.29, 1.82) is 0 Å². The molecule has 0 radical (unpaired) electrons. The van der Waals surface area contributed by atoms with E-state index in [1.807, 2.05) is 37.3 Å². The summed E-state index contributed by atoms with van der Waals surface area (Å²) in [7, 11) is 0. The summed E-state index contributed by atoms with van der Waals surface area (Å²) < 4.78 is 0.692. The first-order valence-corrected chi connectivity index (χ1v) is 6.71. The number of phenols is 1. The van der Waals surface area contributed by atoms with Crippen LogP contribution in [0.15, 0.2) is 40.9 Å². The topological polar surface area (TPSA) is 32.3 Å². The zero-order valence-corrected chi connectivity index (χ0v) is 12.2. The van der Waals surface area contributed by atoms with Crippen molar-refractivity contribution in [3.05, 3.63) is 57.0 Å². The van der Waals surface area contributed by atoms with Gasteiger partial charge in [-0.05, 0) is 58.2 Å². The van der Waals surface area contributed by atoms with Crippen LogP contribution < -0.4 is 5.32 Å². The molecule has 0 aliphatic rings. The van der Waals surface area contributed by atoms with E-state index in [2.05, 4.69) is 21.2 Å². The first kappa shape index (κ1) is 13.2. The van der Waals surface area contributed by atoms with Gasteiger partial charge in [0.05, 0.1) is 15.2 Å². The fraction of sp³-hybridized carbons (Fsp3) is 0.143. The largest absolute Gasteiger partial charge is 0.507 e. The molecule has 0 aromatic heterocycles. The Balaban J connectivity index is 2.11. The average molecular weight is 327 g/mol. The van der Waals surface area contributed by atoms with Crippen molar-refractivity contribution >= 4 is 33.2 Å². The summed E-state index contributed by atoms with van der Waals surface area (Å²) >= 11 is 9.40. The van der Waals surface area contributed by atoms with Gasteiger partial charge in [0.1, 0.15) is 5.75 Å². The monoisotopic (exact) mass is 325 g/mol. The molecular weight excluding hydrogens is 314 g/mol. The SMILES string of the molecule is Cc1ccc(Cl)c(NCc2ccc(O)c(Br)c2)c1. The van der Waals surface area contributed by atoms with Crippen LogP contribution in [0.3, 0.4) is 0 Å². The third-order valence-corrected chi connectivity index (χ3v) is 3.58. The molecule has 0 aliphatic heterocycles. The minimum absolute atomic E-state index is 0.243. The van der Waals surface area contributed by atoms with Crippen LogP contribution >= 0.6 is 27.5 Å². The van der Waals surface area contributed by atoms with Gasteiger partial charge in [-0.3, -0.25) is 0 Å². The number of aryl methyl sites for hydroxylation is 1. The average Bonchev–Trinajstić information content (AvgIpc) is 2.34. The number of halogens is 2. The van der Waals surface area contributed by atoms with Gasteiger partial charge < -0.3 is 10.4 Å². The Morgan fingerprint density at radius 3 is 2.72 bits per heavy atom. The van der Waals surface area contributed by atoms with E-state index in [-0.39, 0.29) is 5.75 Å². The summed E-state index contributed by atoms with van der Waals surface area (Å²) in [6, 6.07) is 11.3. The number of hydrogen-bond donors (Lipinski definition) is 2. The molecule has 0 amide bonds. The molecule has 0 saturated carbocycles. The lowest BCUT2D eigenvalue weighted by atomic mass is 10.2. The number of benzene rings is 2. The van der Waals surface area contributed by atoms with Crippen molar-refractivity contribution in [3.63, 3.8) is 0 Å². The lowest BCUT2D eigenvalue weighted by molar-refractivity contribution is 0.471. The van der Waals surface area contributed by atoms with Crippen molar-refractivity contribution < 1.29 is 5.11 Å². The second kappa shape index (κ2) is 5.63. The Kier molecular flexibility index (Phi) is 4.15. The van der Waals surface area contributed by atoms with Gasteiger partial charge in [0.25, 0.3) is 0 Å². The van der Waals surface area contributed by atoms with Gasteiger partial charge in [-0.15, -0.1) is 0 Å². The van der Waals surface area contributed by atoms with E-state index in [0.717, 1.165) is 16.8 Å². The molecule has 0 spiro atoms. The maximum Gasteiger partial charge on any atom is 0.129 e. The highest BCUT2D eigenvalue weighted by Crippen LogP contribution is 2.26. The molecule has 0 heterocycles. The summed E-state index contributed by atoms with van der Waals surface area (Å²) in [5, 5.41) is 13.4. The zero-order valence-electron chi connectivity index (χ0n) is 9.87. The van der Waals surface area contributed by atoms with Crippen molar-refractivity contribution in [2.75, 3.05) is 5.32 Å². The van der Waals surface area contributed by atoms with Gasteiger partial charge in [0.15, 0.2) is 0 Å². The molecule has 18 heavy (non-hydrogen) atoms. The number of anilines is 1. The van der Waals surface area contributed by atoms with E-state index in [1.54, 1.807) is 6.07 Å². The standard InChI is InChI=1S/C14H13BrClNO/c1-9-2-4-12(16)13(6-9)17-8-10-3-5-14(18)11(15)7-10/h2-7,17-18H,8H2,1H3. The number of nitrogens with one attached hydrogen (secondary N) is 1. The van der Waals surface area contributed by atoms with Crippen LogP contribution in [0, 0.1) is 6.92 Å². The van der Waals surface area contributed by atoms with E-state index in [1.165, 1.54) is 0 Å². The van der Waals surface area contributed by atoms with E-state index < -0.39 is 0 Å². The molecule has 2 nitrogen and oxygen atoms in total. The summed E-state index contributed by atoms with van der Waals surface area (Å²) in [6.45, 7) is 2.68. The Labute approximate surface area is 120 Å². The van der Waals surface area contributed by atoms with Crippen LogP contribution in [0.1, 0.15) is 11.1 Å². The molecule has 2 aromatic rings. The fourth-order valence-electron chi connectivity index (χ4n) is 1.63. The maximum absolute atomic E-state index is 9.42. The molecule has 0 aliphatic carbocycles. The highest BCUT2D eigenvalue weighted by atomic mass is 79.9. The number of aromatic hydroxyl groups is 1. The molecule has 2 rings (SSSR count). The molecular formula is C14H13BrClNO. The third kappa shape index (κ3) is 3.18. The fourth-order valence-corrected chi connectivity index (χ4v) is 2.24. The minimum Gasteiger partial charge on any atom is -0.507 e. The molecule has 94 valence electrons. The number of hydrogen-bond acceptors (Lipinski definition) is 2. The Morgan fingerprint density at radius 2 is 2.00 bits per heavy atom. The van der Waals surface area contributed by atoms with Crippen molar-refractivity contribution in [1.82, 2.24) is 0 Å². The van der Waals surface area contributed by atoms with E-state index in [9.17, 15) is 5.11 Å². The Morgan fingerprint density at radius 1 is 1.22 bits per heavy atom. The van der Waals surface area contributed by atoms with Gasteiger partial charge in [0.2, 0.25) is 0 Å². The van der Waals surface area contributed by atoms with E-state index >= 15 is 0 Å². The molecule has 0 saturated heterocycles. The molecule has 0 atom stereocenters. The lowest BCUT2D eigenvalue weighted by Gasteiger charge is -2.10. The highest BCUT2D eigenvalue weighted by Gasteiger charge is 2.02. The second-order valence-corrected chi connectivity index (χ2v) is 5.38. The minimum atomic E-state index is 0.243. The Hall–Kier alpha value is -1.19. The zero-order chi connectivity index (χ0) is 13.1. The van der Waals surface area contributed by atoms with Gasteiger partial charge in [-0.1, -0.05) is 23.7 Å². The van der Waals surface area contributed by atoms with Crippen LogP contribution in [0.5, 0.6) is 5.75 Å². The van der Waals surface area contributed by atoms with Crippen LogP contribution in [0.2, 0.25) is 5.02 Å². The predicted molar refractivity (Wildman–Crippen MR) is 79.3 cm³/mol. The number of rotatable bonds is 3. The normalized spacial score (nSPS) is 10.4. The quantitative estimate of drug-likeness (QED) is 0.854. The van der Waals surface area contributed by atoms with Gasteiger partial charge in [-0.25, -0.2) is 0 Å². The summed E-state index contributed by atoms with van der Waals surface area (Å²) in [6.07, 6.45) is 0. The summed E-state index contributed by atoms with van der Waals surface area (Å²) in [4.78, 5) is 0. The van der Waals surface area contributed by atoms with Crippen LogP contribution in [-0.2, 0) is 6.54 Å². The summed E-state index contributed by atoms with van der Waals surface area (Å²) in [5.41, 5.74) is 3.15. The van der Waals surface area contributed by atoms with Gasteiger partial charge in [-0.2, -0.15) is 0 Å². The van der Waals surface area contributed by atoms with Gasteiger partial charge in [0, 0.05) is 6.54 Å². The van der Waals surface area contributed by atoms with E-state index in [4.69, 9.17) is 11.6 Å². The van der Waals surface area contributed by atoms with E-state index in [0.29, 0.717) is 16.0 Å². The smallest absolute Gasteiger partial charge is 0.129 e. The molecule has 0 unspecified atom stereocenters. The predicted octanol–water partition coefficient (Wildman–Crippen LogP) is 4.73. The molecule has 2 aromatic carbocycles. The maximum atomic E-state index is 9.42. The van der Waals surface area contributed by atoms with Crippen molar-refractivity contribution in [3.8, 4) is 5.75 Å². The Bertz CT molecular complexity index is 572. The number of phenolic OH excluding ortho intramolecular Hbond substituents is 1.